The monoisotopic (exact) mass is 1110 g/mol. The Kier molecular flexibility index (Phi) is 58.0. The van der Waals surface area contributed by atoms with Crippen molar-refractivity contribution in [3.8, 4) is 0 Å². The predicted octanol–water partition coefficient (Wildman–Crippen LogP) is 20.4. The second-order valence-electron chi connectivity index (χ2n) is 23.8. The van der Waals surface area contributed by atoms with Gasteiger partial charge in [-0.3, -0.25) is 9.36 Å². The van der Waals surface area contributed by atoms with Crippen LogP contribution >= 0.6 is 7.82 Å². The number of rotatable bonds is 61. The van der Waals surface area contributed by atoms with Crippen LogP contribution in [0.5, 0.6) is 0 Å². The first-order valence-corrected chi connectivity index (χ1v) is 34.8. The second kappa shape index (κ2) is 59.6. The number of aliphatic hydroxyl groups is 1. The number of allylic oxidation sites excluding steroid dienone is 11. The van der Waals surface area contributed by atoms with Gasteiger partial charge in [-0.15, -0.1) is 0 Å². The highest BCUT2D eigenvalue weighted by molar-refractivity contribution is 7.45. The maximum atomic E-state index is 13.0. The van der Waals surface area contributed by atoms with E-state index in [4.69, 9.17) is 9.05 Å². The van der Waals surface area contributed by atoms with Crippen LogP contribution in [0.15, 0.2) is 72.9 Å². The smallest absolute Gasteiger partial charge is 0.268 e. The number of likely N-dealkylation sites (N-methyl/N-ethyl adjacent to an activating group) is 1. The fourth-order valence-electron chi connectivity index (χ4n) is 9.75. The first-order valence-electron chi connectivity index (χ1n) is 33.3. The molecule has 456 valence electrons. The van der Waals surface area contributed by atoms with E-state index >= 15 is 0 Å². The van der Waals surface area contributed by atoms with Gasteiger partial charge < -0.3 is 28.8 Å². The molecule has 0 heterocycles. The SMILES string of the molecule is CC/C=C\C/C=C\C/C=C\C/C=C\CCCCCCCCCCCCCCCCCCCCCCCCCCC(=O)NC(COP(=O)([O-])OCC[N+](C)(C)C)C(O)/C=C/CC/C=C/CCCCCCCCCCCCCCC. The number of hydrogen-bond donors (Lipinski definition) is 2. The van der Waals surface area contributed by atoms with E-state index in [1.165, 1.54) is 225 Å². The van der Waals surface area contributed by atoms with Crippen LogP contribution in [0.3, 0.4) is 0 Å². The third-order valence-corrected chi connectivity index (χ3v) is 15.9. The van der Waals surface area contributed by atoms with Gasteiger partial charge in [0.15, 0.2) is 0 Å². The Hall–Kier alpha value is -2.06. The summed E-state index contributed by atoms with van der Waals surface area (Å²) in [6, 6.07) is -0.904. The van der Waals surface area contributed by atoms with E-state index < -0.39 is 26.6 Å². The Bertz CT molecular complexity index is 1500. The number of unbranched alkanes of at least 4 members (excludes halogenated alkanes) is 38. The molecular weight excluding hydrogens is 984 g/mol. The van der Waals surface area contributed by atoms with E-state index in [9.17, 15) is 19.4 Å². The highest BCUT2D eigenvalue weighted by Crippen LogP contribution is 2.38. The van der Waals surface area contributed by atoms with Gasteiger partial charge in [0.25, 0.3) is 7.82 Å². The molecule has 3 unspecified atom stereocenters. The predicted molar refractivity (Wildman–Crippen MR) is 339 cm³/mol. The van der Waals surface area contributed by atoms with Gasteiger partial charge in [0.2, 0.25) is 5.91 Å². The van der Waals surface area contributed by atoms with Gasteiger partial charge in [0.1, 0.15) is 13.2 Å². The van der Waals surface area contributed by atoms with E-state index in [0.717, 1.165) is 64.2 Å². The normalized spacial score (nSPS) is 14.2. The minimum Gasteiger partial charge on any atom is -0.756 e. The molecule has 0 aliphatic heterocycles. The van der Waals surface area contributed by atoms with Gasteiger partial charge >= 0.3 is 0 Å². The topological polar surface area (TPSA) is 108 Å². The lowest BCUT2D eigenvalue weighted by atomic mass is 10.0. The van der Waals surface area contributed by atoms with Gasteiger partial charge in [-0.25, -0.2) is 0 Å². The van der Waals surface area contributed by atoms with Crippen LogP contribution in [0.2, 0.25) is 0 Å². The van der Waals surface area contributed by atoms with Crippen LogP contribution in [-0.4, -0.2) is 68.5 Å². The zero-order valence-electron chi connectivity index (χ0n) is 52.1. The molecule has 0 aliphatic rings. The number of carbonyl (C=O) groups is 1. The molecule has 8 nitrogen and oxygen atoms in total. The summed E-state index contributed by atoms with van der Waals surface area (Å²) < 4.78 is 23.4. The van der Waals surface area contributed by atoms with Crippen LogP contribution in [0.4, 0.5) is 0 Å². The number of quaternary nitrogens is 1. The van der Waals surface area contributed by atoms with Crippen LogP contribution in [0.25, 0.3) is 0 Å². The molecule has 0 saturated heterocycles. The first-order chi connectivity index (χ1) is 38.0. The first kappa shape index (κ1) is 75.9. The lowest BCUT2D eigenvalue weighted by molar-refractivity contribution is -0.870. The molecule has 0 bridgehead atoms. The number of hydrogen-bond acceptors (Lipinski definition) is 6. The van der Waals surface area contributed by atoms with Crippen molar-refractivity contribution in [3.05, 3.63) is 72.9 Å². The molecular formula is C69H129N2O6P. The zero-order valence-corrected chi connectivity index (χ0v) is 53.0. The molecule has 0 spiro atoms. The molecule has 0 aromatic heterocycles. The average molecular weight is 1110 g/mol. The summed E-state index contributed by atoms with van der Waals surface area (Å²) in [6.07, 6.45) is 83.1. The Labute approximate surface area is 484 Å². The standard InChI is InChI=1S/C69H129N2O6P/c1-6-8-10-12-14-16-18-20-22-24-26-27-28-29-30-31-32-33-34-35-36-37-38-39-40-41-42-43-45-47-49-51-53-55-57-59-61-63-69(73)70-67(66-77-78(74,75)76-65-64-71(3,4)5)68(72)62-60-58-56-54-52-50-48-46-44-25-23-21-19-17-15-13-11-9-7-2/h8,10,14,16,20,22,26-27,52,54,60,62,67-68,72H,6-7,9,11-13,15,17-19,21,23-25,28-51,53,55-59,61,63-66H2,1-5H3,(H-,70,73,74,75)/b10-8-,16-14-,22-20-,27-26-,54-52+,62-60+. The van der Waals surface area contributed by atoms with Crippen LogP contribution in [-0.2, 0) is 18.4 Å². The van der Waals surface area contributed by atoms with E-state index in [1.807, 2.05) is 27.2 Å². The number of aliphatic hydroxyl groups excluding tert-OH is 1. The summed E-state index contributed by atoms with van der Waals surface area (Å²) in [7, 11) is 1.25. The largest absolute Gasteiger partial charge is 0.756 e. The number of nitrogens with one attached hydrogen (secondary N) is 1. The van der Waals surface area contributed by atoms with Crippen molar-refractivity contribution in [1.29, 1.82) is 0 Å². The number of carbonyl (C=O) groups excluding carboxylic acids is 1. The molecule has 0 fully saturated rings. The summed E-state index contributed by atoms with van der Waals surface area (Å²) in [4.78, 5) is 25.6. The quantitative estimate of drug-likeness (QED) is 0.0272. The van der Waals surface area contributed by atoms with Gasteiger partial charge in [-0.1, -0.05) is 305 Å². The molecule has 9 heteroatoms. The molecule has 0 aromatic rings. The molecule has 0 rings (SSSR count). The minimum absolute atomic E-state index is 0.00612. The van der Waals surface area contributed by atoms with Crippen molar-refractivity contribution < 1.29 is 32.9 Å². The summed E-state index contributed by atoms with van der Waals surface area (Å²) in [5.74, 6) is -0.203. The van der Waals surface area contributed by atoms with Gasteiger partial charge in [-0.05, 0) is 70.6 Å². The summed E-state index contributed by atoms with van der Waals surface area (Å²) >= 11 is 0. The van der Waals surface area contributed by atoms with Crippen molar-refractivity contribution >= 4 is 13.7 Å². The molecule has 78 heavy (non-hydrogen) atoms. The number of phosphoric ester groups is 1. The van der Waals surface area contributed by atoms with Crippen molar-refractivity contribution in [2.75, 3.05) is 40.9 Å². The fraction of sp³-hybridized carbons (Fsp3) is 0.812. The molecule has 0 aliphatic carbocycles. The second-order valence-corrected chi connectivity index (χ2v) is 25.2. The highest BCUT2D eigenvalue weighted by Gasteiger charge is 2.23. The average Bonchev–Trinajstić information content (AvgIpc) is 3.41. The van der Waals surface area contributed by atoms with Gasteiger partial charge in [0.05, 0.1) is 39.9 Å². The number of amides is 1. The van der Waals surface area contributed by atoms with Crippen LogP contribution in [0.1, 0.15) is 309 Å². The van der Waals surface area contributed by atoms with Crippen LogP contribution in [0, 0.1) is 0 Å². The van der Waals surface area contributed by atoms with E-state index in [1.54, 1.807) is 6.08 Å². The lowest BCUT2D eigenvalue weighted by Crippen LogP contribution is -2.45. The van der Waals surface area contributed by atoms with Crippen LogP contribution < -0.4 is 10.2 Å². The summed E-state index contributed by atoms with van der Waals surface area (Å²) in [5.41, 5.74) is 0. The molecule has 1 amide bonds. The Morgan fingerprint density at radius 3 is 1.19 bits per heavy atom. The number of nitrogens with zero attached hydrogens (tertiary/aromatic N) is 1. The van der Waals surface area contributed by atoms with E-state index in [-0.39, 0.29) is 12.5 Å². The van der Waals surface area contributed by atoms with Gasteiger partial charge in [0, 0.05) is 6.42 Å². The van der Waals surface area contributed by atoms with E-state index in [0.29, 0.717) is 17.4 Å². The van der Waals surface area contributed by atoms with Crippen molar-refractivity contribution in [1.82, 2.24) is 5.32 Å². The molecule has 2 N–H and O–H groups in total. The van der Waals surface area contributed by atoms with Crippen molar-refractivity contribution in [3.63, 3.8) is 0 Å². The summed E-state index contributed by atoms with van der Waals surface area (Å²) in [5, 5.41) is 13.9. The Morgan fingerprint density at radius 2 is 0.795 bits per heavy atom. The Balaban J connectivity index is 4.00. The molecule has 0 saturated carbocycles. The maximum Gasteiger partial charge on any atom is 0.268 e. The molecule has 0 aromatic carbocycles. The van der Waals surface area contributed by atoms with Gasteiger partial charge in [-0.2, -0.15) is 0 Å². The third kappa shape index (κ3) is 61.6. The summed E-state index contributed by atoms with van der Waals surface area (Å²) in [6.45, 7) is 4.55. The lowest BCUT2D eigenvalue weighted by Gasteiger charge is -2.29. The third-order valence-electron chi connectivity index (χ3n) is 14.9. The molecule has 3 atom stereocenters. The van der Waals surface area contributed by atoms with Crippen molar-refractivity contribution in [2.24, 2.45) is 0 Å². The minimum atomic E-state index is -4.61. The highest BCUT2D eigenvalue weighted by atomic mass is 31.2. The fourth-order valence-corrected chi connectivity index (χ4v) is 10.5. The Morgan fingerprint density at radius 1 is 0.462 bits per heavy atom. The van der Waals surface area contributed by atoms with Crippen molar-refractivity contribution in [2.45, 2.75) is 321 Å². The zero-order chi connectivity index (χ0) is 57.0. The molecule has 0 radical (unpaired) electrons. The number of phosphoric acid groups is 1. The maximum absolute atomic E-state index is 13.0. The van der Waals surface area contributed by atoms with E-state index in [2.05, 4.69) is 79.9 Å².